The minimum Gasteiger partial charge on any atom is -0.477 e. The van der Waals surface area contributed by atoms with Gasteiger partial charge in [0.2, 0.25) is 11.8 Å². The average molecular weight is 1150 g/mol. The first kappa shape index (κ1) is 64.4. The van der Waals surface area contributed by atoms with Crippen LogP contribution in [0.1, 0.15) is 27.2 Å². The minimum absolute atomic E-state index is 0.877. The van der Waals surface area contributed by atoms with Crippen LogP contribution in [-0.2, 0) is 66.5 Å². The summed E-state index contributed by atoms with van der Waals surface area (Å²) < 4.78 is 63.5. The van der Waals surface area contributed by atoms with Crippen molar-refractivity contribution >= 4 is 17.8 Å². The Kier molecular flexibility index (Phi) is 22.4. The average Bonchev–Trinajstić information content (AvgIpc) is 3.40. The molecule has 21 N–H and O–H groups in total. The number of aliphatic hydroxyl groups is 18. The van der Waals surface area contributed by atoms with Crippen LogP contribution in [0.15, 0.2) is 0 Å². The zero-order valence-corrected chi connectivity index (χ0v) is 41.8. The third-order valence-corrected chi connectivity index (χ3v) is 14.2. The number of carbonyl (C=O) groups is 3. The van der Waals surface area contributed by atoms with E-state index in [-0.39, 0.29) is 0 Å². The number of carboxylic acids is 1. The number of carboxylic acid groups (broad SMARTS) is 1. The van der Waals surface area contributed by atoms with Crippen LogP contribution < -0.4 is 10.6 Å². The van der Waals surface area contributed by atoms with Gasteiger partial charge < -0.3 is 160 Å². The van der Waals surface area contributed by atoms with E-state index in [1.54, 1.807) is 0 Å². The van der Waals surface area contributed by atoms with Crippen LogP contribution >= 0.6 is 0 Å². The molecule has 31 atom stereocenters. The van der Waals surface area contributed by atoms with Crippen molar-refractivity contribution in [3.8, 4) is 0 Å². The van der Waals surface area contributed by atoms with Crippen LogP contribution in [-0.4, -0.2) is 338 Å². The van der Waals surface area contributed by atoms with Crippen molar-refractivity contribution in [1.82, 2.24) is 10.6 Å². The molecule has 35 nitrogen and oxygen atoms in total. The van der Waals surface area contributed by atoms with Gasteiger partial charge in [-0.3, -0.25) is 9.59 Å². The molecule has 0 saturated carbocycles. The molecule has 78 heavy (non-hydrogen) atoms. The molecule has 6 saturated heterocycles. The maximum Gasteiger partial charge on any atom is 0.364 e. The predicted octanol–water partition coefficient (Wildman–Crippen LogP) is -13.6. The van der Waals surface area contributed by atoms with E-state index in [9.17, 15) is 111 Å². The number of aliphatic hydroxyl groups excluding tert-OH is 18. The first-order valence-corrected chi connectivity index (χ1v) is 24.6. The summed E-state index contributed by atoms with van der Waals surface area (Å²) in [4.78, 5) is 38.8. The molecule has 6 aliphatic rings. The standard InChI is InChI=1S/C43H72N2O33/c1-10-21(55)25(59)28(62)39(68-10)76-35-24(58)16(7-48)71-40(29(35)63)75-33-20(45-12(3)52)38(70-15(6-47)23(33)57)74-32-18(9-50)72-41(73-31-17(8-49)69-37(65)27(61)26(31)60)30(64)36(32)78-43(42(66)67)4-13(53)19(44-11(2)51)34(77-43)22(56)14(54)5-46/h10,13-41,46-50,53-65H,4-9H2,1-3H3,(H,44,51)(H,45,52)(H,66,67)/t10-,13-,14+,15+,16+,17+,18+,19+,20+,21+,22+,23-,24-,25+,26+,27+,28-,29+,30+,31+,32-,33+,34+,35-,36+,37+,38-,39-,40-,41-,43?/m0/s1. The lowest BCUT2D eigenvalue weighted by molar-refractivity contribution is -0.403. The summed E-state index contributed by atoms with van der Waals surface area (Å²) in [5.41, 5.74) is 0. The number of hydrogen-bond acceptors (Lipinski definition) is 32. The van der Waals surface area contributed by atoms with Crippen LogP contribution in [0, 0.1) is 0 Å². The van der Waals surface area contributed by atoms with E-state index in [0.29, 0.717) is 0 Å². The molecule has 0 aromatic heterocycles. The molecule has 2 amide bonds. The fourth-order valence-electron chi connectivity index (χ4n) is 9.96. The van der Waals surface area contributed by atoms with Gasteiger partial charge in [-0.15, -0.1) is 0 Å². The van der Waals surface area contributed by atoms with Gasteiger partial charge in [0.25, 0.3) is 5.79 Å². The Bertz CT molecular complexity index is 1950. The molecule has 452 valence electrons. The Morgan fingerprint density at radius 1 is 0.526 bits per heavy atom. The predicted molar refractivity (Wildman–Crippen MR) is 238 cm³/mol. The van der Waals surface area contributed by atoms with Crippen LogP contribution in [0.2, 0.25) is 0 Å². The monoisotopic (exact) mass is 1140 g/mol. The summed E-state index contributed by atoms with van der Waals surface area (Å²) >= 11 is 0. The summed E-state index contributed by atoms with van der Waals surface area (Å²) in [6.45, 7) is -2.48. The van der Waals surface area contributed by atoms with Crippen molar-refractivity contribution in [3.05, 3.63) is 0 Å². The highest BCUT2D eigenvalue weighted by Gasteiger charge is 2.62. The number of nitrogens with one attached hydrogen (secondary N) is 2. The van der Waals surface area contributed by atoms with Crippen molar-refractivity contribution in [2.75, 3.05) is 33.0 Å². The summed E-state index contributed by atoms with van der Waals surface area (Å²) in [6, 6.07) is -3.73. The van der Waals surface area contributed by atoms with Crippen LogP contribution in [0.4, 0.5) is 0 Å². The van der Waals surface area contributed by atoms with Gasteiger partial charge in [0.05, 0.1) is 51.3 Å². The van der Waals surface area contributed by atoms with Crippen LogP contribution in [0.3, 0.4) is 0 Å². The van der Waals surface area contributed by atoms with E-state index >= 15 is 0 Å². The Hall–Kier alpha value is -2.75. The van der Waals surface area contributed by atoms with Crippen molar-refractivity contribution in [2.24, 2.45) is 0 Å². The van der Waals surface area contributed by atoms with Crippen molar-refractivity contribution in [3.63, 3.8) is 0 Å². The molecule has 6 rings (SSSR count). The molecule has 0 bridgehead atoms. The van der Waals surface area contributed by atoms with Gasteiger partial charge in [-0.25, -0.2) is 4.79 Å². The van der Waals surface area contributed by atoms with E-state index in [2.05, 4.69) is 10.6 Å². The first-order chi connectivity index (χ1) is 36.7. The number of ether oxygens (including phenoxy) is 11. The highest BCUT2D eigenvalue weighted by atomic mass is 16.8. The normalized spacial score (nSPS) is 48.1. The quantitative estimate of drug-likeness (QED) is 0.0538. The van der Waals surface area contributed by atoms with Gasteiger partial charge in [-0.1, -0.05) is 0 Å². The summed E-state index contributed by atoms with van der Waals surface area (Å²) in [5.74, 6) is -7.39. The SMILES string of the molecule is CC(=O)N[C@H]1[C@H](O[C@@H]2[C@H](OC3(C(=O)O)C[C@H](O)[C@@H](NC(C)=O)[C@H]([C@H](O)[C@H](O)CO)O3)[C@@H](O)[C@H](O[C@H]3[C@H](O)[C@@H](O)[C@H](O)O[C@@H]3CO)O[C@@H]2CO)O[C@H](CO)[C@H](O)[C@@H]1O[C@@H]1O[C@H](CO)[C@H](O)[C@H](O[C@@H]2O[C@@H](C)[C@@H](O)[C@@H](O)[C@@H]2O)[C@H]1O. The summed E-state index contributed by atoms with van der Waals surface area (Å²) in [6.07, 6.45) is -58.5. The molecular formula is C43H72N2O33. The third-order valence-electron chi connectivity index (χ3n) is 14.2. The summed E-state index contributed by atoms with van der Waals surface area (Å²) in [5, 5.41) is 210. The zero-order chi connectivity index (χ0) is 58.0. The molecule has 6 fully saturated rings. The minimum atomic E-state index is -3.37. The van der Waals surface area contributed by atoms with Crippen LogP contribution in [0.5, 0.6) is 0 Å². The van der Waals surface area contributed by atoms with E-state index < -0.39 is 247 Å². The third kappa shape index (κ3) is 13.5. The molecule has 35 heteroatoms. The van der Waals surface area contributed by atoms with E-state index in [4.69, 9.17) is 52.1 Å². The Balaban J connectivity index is 1.40. The smallest absolute Gasteiger partial charge is 0.364 e. The van der Waals surface area contributed by atoms with Crippen molar-refractivity contribution in [2.45, 2.75) is 217 Å². The van der Waals surface area contributed by atoms with Crippen molar-refractivity contribution in [1.29, 1.82) is 0 Å². The van der Waals surface area contributed by atoms with Gasteiger partial charge in [0.15, 0.2) is 31.5 Å². The van der Waals surface area contributed by atoms with Gasteiger partial charge in [-0.05, 0) is 6.92 Å². The summed E-state index contributed by atoms with van der Waals surface area (Å²) in [7, 11) is 0. The molecule has 6 heterocycles. The fourth-order valence-corrected chi connectivity index (χ4v) is 9.96. The number of carbonyl (C=O) groups excluding carboxylic acids is 2. The molecule has 0 aliphatic carbocycles. The second-order valence-corrected chi connectivity index (χ2v) is 19.6. The lowest BCUT2D eigenvalue weighted by atomic mass is 9.88. The van der Waals surface area contributed by atoms with Gasteiger partial charge in [-0.2, -0.15) is 0 Å². The number of aliphatic carboxylic acids is 1. The Morgan fingerprint density at radius 2 is 1.00 bits per heavy atom. The topological polar surface area (TPSA) is 561 Å². The Morgan fingerprint density at radius 3 is 1.55 bits per heavy atom. The number of hydrogen-bond donors (Lipinski definition) is 21. The van der Waals surface area contributed by atoms with Crippen molar-refractivity contribution < 1.29 is 164 Å². The van der Waals surface area contributed by atoms with E-state index in [1.165, 1.54) is 6.92 Å². The fraction of sp³-hybridized carbons (Fsp3) is 0.930. The highest BCUT2D eigenvalue weighted by Crippen LogP contribution is 2.41. The molecular weight excluding hydrogens is 1070 g/mol. The van der Waals surface area contributed by atoms with E-state index in [0.717, 1.165) is 13.8 Å². The molecule has 0 aromatic rings. The first-order valence-electron chi connectivity index (χ1n) is 24.6. The second-order valence-electron chi connectivity index (χ2n) is 19.6. The van der Waals surface area contributed by atoms with Crippen LogP contribution in [0.25, 0.3) is 0 Å². The number of amides is 2. The molecule has 0 aromatic carbocycles. The maximum atomic E-state index is 13.5. The van der Waals surface area contributed by atoms with E-state index in [1.807, 2.05) is 0 Å². The number of rotatable bonds is 20. The highest BCUT2D eigenvalue weighted by molar-refractivity contribution is 5.76. The molecule has 0 spiro atoms. The van der Waals surface area contributed by atoms with Gasteiger partial charge in [0.1, 0.15) is 134 Å². The lowest BCUT2D eigenvalue weighted by Crippen LogP contribution is -2.72. The molecule has 6 aliphatic heterocycles. The zero-order valence-electron chi connectivity index (χ0n) is 41.8. The lowest BCUT2D eigenvalue weighted by Gasteiger charge is -2.53. The van der Waals surface area contributed by atoms with Gasteiger partial charge in [0, 0.05) is 20.3 Å². The van der Waals surface area contributed by atoms with Gasteiger partial charge >= 0.3 is 5.97 Å². The largest absolute Gasteiger partial charge is 0.477 e. The second kappa shape index (κ2) is 27.1. The Labute approximate surface area is 441 Å². The maximum absolute atomic E-state index is 13.5. The molecule has 0 radical (unpaired) electrons. The molecule has 1 unspecified atom stereocenters.